The zero-order valence-electron chi connectivity index (χ0n) is 16.1. The molecule has 7 heteroatoms. The highest BCUT2D eigenvalue weighted by atomic mass is 32.2. The zero-order valence-corrected chi connectivity index (χ0v) is 16.9. The minimum absolute atomic E-state index is 0.0253. The molecule has 1 fully saturated rings. The predicted molar refractivity (Wildman–Crippen MR) is 110 cm³/mol. The van der Waals surface area contributed by atoms with Crippen molar-refractivity contribution < 1.29 is 18.0 Å². The van der Waals surface area contributed by atoms with E-state index in [1.54, 1.807) is 12.1 Å². The van der Waals surface area contributed by atoms with Crippen LogP contribution in [0.25, 0.3) is 10.9 Å². The van der Waals surface area contributed by atoms with Crippen LogP contribution >= 0.6 is 0 Å². The van der Waals surface area contributed by atoms with E-state index in [-0.39, 0.29) is 30.2 Å². The molecule has 1 N–H and O–H groups in total. The van der Waals surface area contributed by atoms with Crippen LogP contribution in [-0.2, 0) is 25.8 Å². The number of benzene rings is 2. The number of amides is 2. The highest BCUT2D eigenvalue weighted by Crippen LogP contribution is 2.26. The first-order valence-corrected chi connectivity index (χ1v) is 11.1. The Labute approximate surface area is 169 Å². The van der Waals surface area contributed by atoms with E-state index in [1.165, 1.54) is 12.1 Å². The molecule has 1 atom stereocenters. The molecule has 150 valence electrons. The largest absolute Gasteiger partial charge is 0.361 e. The van der Waals surface area contributed by atoms with Crippen molar-refractivity contribution in [2.75, 3.05) is 6.54 Å². The number of imide groups is 1. The van der Waals surface area contributed by atoms with Gasteiger partial charge in [-0.2, -0.15) is 0 Å². The number of aryl methyl sites for hydroxylation is 1. The van der Waals surface area contributed by atoms with E-state index in [4.69, 9.17) is 0 Å². The number of H-pyrrole nitrogens is 1. The number of aromatic amines is 1. The van der Waals surface area contributed by atoms with E-state index in [0.29, 0.717) is 6.42 Å². The van der Waals surface area contributed by atoms with Crippen molar-refractivity contribution in [1.82, 2.24) is 9.88 Å². The maximum Gasteiger partial charge on any atom is 0.247 e. The fourth-order valence-electron chi connectivity index (χ4n) is 3.80. The average molecular weight is 410 g/mol. The summed E-state index contributed by atoms with van der Waals surface area (Å²) in [5.41, 5.74) is 2.91. The summed E-state index contributed by atoms with van der Waals surface area (Å²) in [6, 6.07) is 14.3. The monoisotopic (exact) mass is 410 g/mol. The second-order valence-electron chi connectivity index (χ2n) is 7.38. The van der Waals surface area contributed by atoms with E-state index >= 15 is 0 Å². The third-order valence-electron chi connectivity index (χ3n) is 5.47. The summed E-state index contributed by atoms with van der Waals surface area (Å²) in [7, 11) is -3.84. The predicted octanol–water partition coefficient (Wildman–Crippen LogP) is 3.01. The normalized spacial score (nSPS) is 17.8. The van der Waals surface area contributed by atoms with Crippen molar-refractivity contribution in [3.05, 3.63) is 65.9 Å². The summed E-state index contributed by atoms with van der Waals surface area (Å²) >= 11 is 0. The van der Waals surface area contributed by atoms with Gasteiger partial charge in [0.2, 0.25) is 11.8 Å². The summed E-state index contributed by atoms with van der Waals surface area (Å²) in [4.78, 5) is 29.8. The second-order valence-corrected chi connectivity index (χ2v) is 9.51. The van der Waals surface area contributed by atoms with E-state index < -0.39 is 21.0 Å². The lowest BCUT2D eigenvalue weighted by Crippen LogP contribution is -2.51. The first-order chi connectivity index (χ1) is 13.9. The lowest BCUT2D eigenvalue weighted by Gasteiger charge is -2.30. The average Bonchev–Trinajstić information content (AvgIpc) is 3.11. The molecule has 0 aliphatic carbocycles. The number of carbonyl (C=O) groups is 2. The Morgan fingerprint density at radius 1 is 1.07 bits per heavy atom. The van der Waals surface area contributed by atoms with Crippen molar-refractivity contribution in [1.29, 1.82) is 0 Å². The van der Waals surface area contributed by atoms with Gasteiger partial charge in [-0.1, -0.05) is 35.9 Å². The van der Waals surface area contributed by atoms with Crippen molar-refractivity contribution in [2.45, 2.75) is 36.3 Å². The summed E-state index contributed by atoms with van der Waals surface area (Å²) in [6.45, 7) is 2.03. The van der Waals surface area contributed by atoms with Gasteiger partial charge >= 0.3 is 0 Å². The van der Waals surface area contributed by atoms with E-state index in [1.807, 2.05) is 37.4 Å². The van der Waals surface area contributed by atoms with Crippen LogP contribution in [0, 0.1) is 6.92 Å². The molecule has 2 amide bonds. The molecule has 1 saturated heterocycles. The van der Waals surface area contributed by atoms with Gasteiger partial charge in [0.15, 0.2) is 9.84 Å². The van der Waals surface area contributed by atoms with Crippen LogP contribution in [0.1, 0.15) is 24.0 Å². The maximum absolute atomic E-state index is 13.0. The molecular weight excluding hydrogens is 388 g/mol. The molecular formula is C22H22N2O4S. The molecule has 0 bridgehead atoms. The molecule has 1 aliphatic heterocycles. The first kappa shape index (κ1) is 19.4. The van der Waals surface area contributed by atoms with Crippen molar-refractivity contribution in [3.63, 3.8) is 0 Å². The number of hydrogen-bond donors (Lipinski definition) is 1. The minimum Gasteiger partial charge on any atom is -0.361 e. The first-order valence-electron chi connectivity index (χ1n) is 9.57. The fourth-order valence-corrected chi connectivity index (χ4v) is 5.46. The Morgan fingerprint density at radius 2 is 1.79 bits per heavy atom. The molecule has 2 aromatic carbocycles. The Morgan fingerprint density at radius 3 is 2.55 bits per heavy atom. The number of nitrogens with one attached hydrogen (secondary N) is 1. The van der Waals surface area contributed by atoms with Gasteiger partial charge in [0.05, 0.1) is 4.90 Å². The van der Waals surface area contributed by atoms with Crippen molar-refractivity contribution in [2.24, 2.45) is 0 Å². The highest BCUT2D eigenvalue weighted by molar-refractivity contribution is 7.92. The molecule has 0 spiro atoms. The number of piperidine rings is 1. The third kappa shape index (κ3) is 3.58. The van der Waals surface area contributed by atoms with Gasteiger partial charge in [0.25, 0.3) is 0 Å². The van der Waals surface area contributed by atoms with E-state index in [2.05, 4.69) is 4.98 Å². The van der Waals surface area contributed by atoms with Crippen LogP contribution in [0.3, 0.4) is 0 Å². The number of nitrogens with zero attached hydrogens (tertiary/aromatic N) is 1. The number of sulfone groups is 1. The SMILES string of the molecule is Cc1ccc(S(=O)(=O)C2CCC(=O)N(CCc3c[nH]c4ccccc34)C2=O)cc1. The van der Waals surface area contributed by atoms with Crippen LogP contribution in [-0.4, -0.2) is 41.9 Å². The van der Waals surface area contributed by atoms with Gasteiger partial charge in [-0.25, -0.2) is 8.42 Å². The maximum atomic E-state index is 13.0. The van der Waals surface area contributed by atoms with Crippen LogP contribution < -0.4 is 0 Å². The van der Waals surface area contributed by atoms with Crippen molar-refractivity contribution in [3.8, 4) is 0 Å². The van der Waals surface area contributed by atoms with Gasteiger partial charge in [-0.05, 0) is 43.5 Å². The Hall–Kier alpha value is -2.93. The van der Waals surface area contributed by atoms with E-state index in [0.717, 1.165) is 26.9 Å². The Balaban J connectivity index is 1.55. The summed E-state index contributed by atoms with van der Waals surface area (Å²) in [6.07, 6.45) is 2.41. The van der Waals surface area contributed by atoms with Gasteiger partial charge in [-0.15, -0.1) is 0 Å². The summed E-state index contributed by atoms with van der Waals surface area (Å²) in [5.74, 6) is -0.938. The number of fused-ring (bicyclic) bond motifs is 1. The molecule has 6 nitrogen and oxygen atoms in total. The van der Waals surface area contributed by atoms with Crippen LogP contribution in [0.15, 0.2) is 59.6 Å². The Bertz CT molecular complexity index is 1180. The highest BCUT2D eigenvalue weighted by Gasteiger charge is 2.42. The molecule has 0 saturated carbocycles. The Kier molecular flexibility index (Phi) is 5.00. The van der Waals surface area contributed by atoms with E-state index in [9.17, 15) is 18.0 Å². The van der Waals surface area contributed by atoms with Crippen LogP contribution in [0.5, 0.6) is 0 Å². The molecule has 2 heterocycles. The number of hydrogen-bond acceptors (Lipinski definition) is 4. The fraction of sp³-hybridized carbons (Fsp3) is 0.273. The number of aromatic nitrogens is 1. The quantitative estimate of drug-likeness (QED) is 0.655. The summed E-state index contributed by atoms with van der Waals surface area (Å²) < 4.78 is 26.0. The number of para-hydroxylation sites is 1. The molecule has 3 aromatic rings. The third-order valence-corrected chi connectivity index (χ3v) is 7.58. The van der Waals surface area contributed by atoms with Gasteiger partial charge in [-0.3, -0.25) is 14.5 Å². The number of likely N-dealkylation sites (tertiary alicyclic amines) is 1. The zero-order chi connectivity index (χ0) is 20.6. The standard InChI is InChI=1S/C22H22N2O4S/c1-15-6-8-17(9-7-15)29(27,28)20-10-11-21(25)24(22(20)26)13-12-16-14-23-19-5-3-2-4-18(16)19/h2-9,14,20,23H,10-13H2,1H3. The smallest absolute Gasteiger partial charge is 0.247 e. The van der Waals surface area contributed by atoms with Crippen LogP contribution in [0.2, 0.25) is 0 Å². The second kappa shape index (κ2) is 7.48. The van der Waals surface area contributed by atoms with Gasteiger partial charge in [0.1, 0.15) is 5.25 Å². The molecule has 29 heavy (non-hydrogen) atoms. The van der Waals surface area contributed by atoms with Gasteiger partial charge < -0.3 is 4.98 Å². The molecule has 1 aliphatic rings. The number of rotatable bonds is 5. The number of carbonyl (C=O) groups excluding carboxylic acids is 2. The van der Waals surface area contributed by atoms with Crippen molar-refractivity contribution >= 4 is 32.6 Å². The van der Waals surface area contributed by atoms with Crippen LogP contribution in [0.4, 0.5) is 0 Å². The lowest BCUT2D eigenvalue weighted by molar-refractivity contribution is -0.147. The summed E-state index contributed by atoms with van der Waals surface area (Å²) in [5, 5.41) is -0.181. The molecule has 1 aromatic heterocycles. The molecule has 0 radical (unpaired) electrons. The minimum atomic E-state index is -3.84. The molecule has 1 unspecified atom stereocenters. The van der Waals surface area contributed by atoms with Gasteiger partial charge in [0, 0.05) is 30.1 Å². The topological polar surface area (TPSA) is 87.3 Å². The lowest BCUT2D eigenvalue weighted by atomic mass is 10.1. The molecule has 4 rings (SSSR count).